The van der Waals surface area contributed by atoms with E-state index in [1.807, 2.05) is 5.32 Å². The van der Waals surface area contributed by atoms with E-state index in [0.29, 0.717) is 11.3 Å². The van der Waals surface area contributed by atoms with Crippen molar-refractivity contribution in [1.82, 2.24) is 0 Å². The average Bonchev–Trinajstić information content (AvgIpc) is 3.27. The molecular weight excluding hydrogens is 455 g/mol. The van der Waals surface area contributed by atoms with E-state index in [2.05, 4.69) is 0 Å². The van der Waals surface area contributed by atoms with E-state index in [1.54, 1.807) is 0 Å². The van der Waals surface area contributed by atoms with Crippen LogP contribution in [0.1, 0.15) is 20.0 Å². The summed E-state index contributed by atoms with van der Waals surface area (Å²) in [5.41, 5.74) is -5.29. The number of carboxylic acid groups (broad SMARTS) is 1. The van der Waals surface area contributed by atoms with Gasteiger partial charge in [0, 0.05) is 5.56 Å². The molecule has 0 atom stereocenters. The zero-order chi connectivity index (χ0) is 24.8. The highest BCUT2D eigenvalue weighted by Gasteiger charge is 2.31. The largest absolute Gasteiger partial charge is 0.508 e. The molecule has 3 rings (SSSR count). The van der Waals surface area contributed by atoms with Crippen molar-refractivity contribution >= 4 is 82.1 Å². The van der Waals surface area contributed by atoms with Crippen molar-refractivity contribution in [3.05, 3.63) is 39.3 Å². The zero-order valence-electron chi connectivity index (χ0n) is 16.6. The lowest BCUT2D eigenvalue weighted by Gasteiger charge is -2.22. The van der Waals surface area contributed by atoms with Crippen LogP contribution in [0.25, 0.3) is 11.1 Å². The highest BCUT2D eigenvalue weighted by molar-refractivity contribution is 7.12. The molecule has 1 aromatic heterocycles. The number of carbonyl (C=O) groups is 2. The van der Waals surface area contributed by atoms with Crippen LogP contribution in [0, 0.1) is 17.5 Å². The molecule has 0 aliphatic heterocycles. The lowest BCUT2D eigenvalue weighted by Crippen LogP contribution is -2.48. The second kappa shape index (κ2) is 8.93. The van der Waals surface area contributed by atoms with E-state index < -0.39 is 74.0 Å². The van der Waals surface area contributed by atoms with Crippen LogP contribution in [0.15, 0.2) is 11.4 Å². The first-order valence-corrected chi connectivity index (χ1v) is 9.63. The van der Waals surface area contributed by atoms with Gasteiger partial charge in [0.15, 0.2) is 23.2 Å². The number of hydrogen-bond acceptors (Lipinski definition) is 5. The number of methoxy groups -OCH3 is 1. The van der Waals surface area contributed by atoms with E-state index in [9.17, 15) is 14.7 Å². The van der Waals surface area contributed by atoms with Gasteiger partial charge in [-0.05, 0) is 11.4 Å². The van der Waals surface area contributed by atoms with Gasteiger partial charge in [-0.3, -0.25) is 4.79 Å². The standard InChI is InChI=1S/C19H8B4F3NO5S/c1-32-16-12(25)6(5-7(20)8(21)9(22)10(23)15(5)28)11(24)13(26)14(16)27-18(29)4-2-3-33-17(4)19(30)31/h2-3,28H,1H3,(H,27,29)(H,30,31). The van der Waals surface area contributed by atoms with Crippen molar-refractivity contribution in [2.24, 2.45) is 0 Å². The Kier molecular flexibility index (Phi) is 6.60. The van der Waals surface area contributed by atoms with Crippen molar-refractivity contribution in [2.75, 3.05) is 12.4 Å². The van der Waals surface area contributed by atoms with Crippen molar-refractivity contribution in [1.29, 1.82) is 0 Å². The van der Waals surface area contributed by atoms with E-state index in [4.69, 9.17) is 41.2 Å². The molecule has 158 valence electrons. The minimum atomic E-state index is -1.88. The molecule has 0 bridgehead atoms. The highest BCUT2D eigenvalue weighted by Crippen LogP contribution is 2.41. The number of carboxylic acids is 1. The number of phenolic OH excluding ortho intramolecular Hbond substituents is 1. The van der Waals surface area contributed by atoms with Crippen LogP contribution >= 0.6 is 11.3 Å². The molecule has 6 nitrogen and oxygen atoms in total. The molecule has 3 N–H and O–H groups in total. The van der Waals surface area contributed by atoms with Gasteiger partial charge in [0.05, 0.1) is 18.2 Å². The molecule has 8 radical (unpaired) electrons. The van der Waals surface area contributed by atoms with Gasteiger partial charge in [0.25, 0.3) is 5.91 Å². The molecular formula is C19H8B4F3NO5S. The summed E-state index contributed by atoms with van der Waals surface area (Å²) in [5.74, 6) is -9.77. The number of nitrogens with one attached hydrogen (secondary N) is 1. The van der Waals surface area contributed by atoms with Gasteiger partial charge in [-0.25, -0.2) is 18.0 Å². The van der Waals surface area contributed by atoms with Crippen LogP contribution in [0.5, 0.6) is 11.5 Å². The van der Waals surface area contributed by atoms with Crippen molar-refractivity contribution in [3.8, 4) is 22.6 Å². The number of hydrogen-bond donors (Lipinski definition) is 3. The Hall–Kier alpha value is -3.27. The Balaban J connectivity index is 2.25. The Morgan fingerprint density at radius 1 is 0.970 bits per heavy atom. The molecule has 0 spiro atoms. The lowest BCUT2D eigenvalue weighted by molar-refractivity contribution is 0.0698. The Morgan fingerprint density at radius 2 is 1.58 bits per heavy atom. The molecule has 0 saturated heterocycles. The van der Waals surface area contributed by atoms with E-state index >= 15 is 13.2 Å². The molecule has 0 fully saturated rings. The molecule has 0 aliphatic carbocycles. The van der Waals surface area contributed by atoms with Crippen molar-refractivity contribution in [3.63, 3.8) is 0 Å². The van der Waals surface area contributed by atoms with Gasteiger partial charge >= 0.3 is 5.97 Å². The SMILES string of the molecule is [B]c1c([B])c([B])c(-c2c(F)c(F)c(NC(=O)c3ccsc3C(=O)O)c(OC)c2F)c(O)c1[B]. The first-order chi connectivity index (χ1) is 15.4. The summed E-state index contributed by atoms with van der Waals surface area (Å²) in [4.78, 5) is 23.3. The number of benzene rings is 2. The molecule has 0 unspecified atom stereocenters. The van der Waals surface area contributed by atoms with Gasteiger partial charge in [0.1, 0.15) is 47.7 Å². The highest BCUT2D eigenvalue weighted by atomic mass is 32.1. The quantitative estimate of drug-likeness (QED) is 0.357. The minimum Gasteiger partial charge on any atom is -0.508 e. The third kappa shape index (κ3) is 3.88. The molecule has 3 aromatic rings. The van der Waals surface area contributed by atoms with E-state index in [1.165, 1.54) is 5.38 Å². The second-order valence-electron chi connectivity index (χ2n) is 6.53. The van der Waals surface area contributed by atoms with Crippen molar-refractivity contribution in [2.45, 2.75) is 0 Å². The molecule has 33 heavy (non-hydrogen) atoms. The molecule has 0 aliphatic rings. The lowest BCUT2D eigenvalue weighted by atomic mass is 9.64. The summed E-state index contributed by atoms with van der Waals surface area (Å²) in [6, 6.07) is 1.13. The monoisotopic (exact) mass is 463 g/mol. The van der Waals surface area contributed by atoms with Crippen molar-refractivity contribution < 1.29 is 37.7 Å². The van der Waals surface area contributed by atoms with Gasteiger partial charge < -0.3 is 20.3 Å². The summed E-state index contributed by atoms with van der Waals surface area (Å²) in [6.07, 6.45) is 0. The Bertz CT molecular complexity index is 1300. The van der Waals surface area contributed by atoms with Gasteiger partial charge in [-0.1, -0.05) is 10.9 Å². The van der Waals surface area contributed by atoms with Crippen LogP contribution in [0.2, 0.25) is 0 Å². The maximum atomic E-state index is 15.3. The summed E-state index contributed by atoms with van der Waals surface area (Å²) in [7, 11) is 23.5. The zero-order valence-corrected chi connectivity index (χ0v) is 17.4. The molecule has 14 heteroatoms. The number of amides is 1. The first-order valence-electron chi connectivity index (χ1n) is 8.75. The van der Waals surface area contributed by atoms with E-state index in [0.717, 1.165) is 13.2 Å². The molecule has 1 amide bonds. The van der Waals surface area contributed by atoms with E-state index in [-0.39, 0.29) is 15.9 Å². The number of aromatic hydroxyl groups is 1. The fourth-order valence-electron chi connectivity index (χ4n) is 3.06. The number of thiophene rings is 1. The predicted octanol–water partition coefficient (Wildman–Crippen LogP) is -0.328. The third-order valence-corrected chi connectivity index (χ3v) is 5.61. The Labute approximate surface area is 194 Å². The number of halogens is 3. The van der Waals surface area contributed by atoms with Crippen LogP contribution in [-0.2, 0) is 0 Å². The normalized spacial score (nSPS) is 10.8. The summed E-state index contributed by atoms with van der Waals surface area (Å²) in [6.45, 7) is 0. The van der Waals surface area contributed by atoms with Crippen LogP contribution in [0.3, 0.4) is 0 Å². The molecule has 0 saturated carbocycles. The summed E-state index contributed by atoms with van der Waals surface area (Å²) >= 11 is 0.715. The van der Waals surface area contributed by atoms with Gasteiger partial charge in [-0.2, -0.15) is 0 Å². The average molecular weight is 463 g/mol. The number of anilines is 1. The first kappa shape index (κ1) is 24.4. The number of carbonyl (C=O) groups excluding carboxylic acids is 1. The predicted molar refractivity (Wildman–Crippen MR) is 121 cm³/mol. The van der Waals surface area contributed by atoms with Crippen LogP contribution < -0.4 is 31.9 Å². The summed E-state index contributed by atoms with van der Waals surface area (Å²) < 4.78 is 50.2. The maximum absolute atomic E-state index is 15.3. The fraction of sp³-hybridized carbons (Fsp3) is 0.0526. The number of phenols is 1. The molecule has 2 aromatic carbocycles. The van der Waals surface area contributed by atoms with Gasteiger partial charge in [-0.15, -0.1) is 22.3 Å². The fourth-order valence-corrected chi connectivity index (χ4v) is 3.79. The summed E-state index contributed by atoms with van der Waals surface area (Å²) in [5, 5.41) is 22.6. The van der Waals surface area contributed by atoms with Crippen LogP contribution in [-0.4, -0.2) is 60.6 Å². The van der Waals surface area contributed by atoms with Gasteiger partial charge in [0.2, 0.25) is 0 Å². The molecule has 1 heterocycles. The second-order valence-corrected chi connectivity index (χ2v) is 7.44. The minimum absolute atomic E-state index is 0.351. The smallest absolute Gasteiger partial charge is 0.346 e. The third-order valence-electron chi connectivity index (χ3n) is 4.71. The number of rotatable bonds is 5. The van der Waals surface area contributed by atoms with Crippen LogP contribution in [0.4, 0.5) is 18.9 Å². The number of ether oxygens (including phenoxy) is 1. The topological polar surface area (TPSA) is 95.9 Å². The maximum Gasteiger partial charge on any atom is 0.346 e. The number of aromatic carboxylic acids is 1. The Morgan fingerprint density at radius 3 is 2.15 bits per heavy atom.